The number of hydrogen-bond donors (Lipinski definition) is 0. The number of hydrogen-bond acceptors (Lipinski definition) is 5. The van der Waals surface area contributed by atoms with E-state index in [0.29, 0.717) is 33.4 Å². The van der Waals surface area contributed by atoms with E-state index >= 15 is 0 Å². The van der Waals surface area contributed by atoms with Crippen LogP contribution < -0.4 is 5.56 Å². The van der Waals surface area contributed by atoms with Crippen LogP contribution in [-0.4, -0.2) is 62.4 Å². The molecule has 5 aromatic rings. The van der Waals surface area contributed by atoms with Crippen LogP contribution >= 0.6 is 11.3 Å². The number of allylic oxidation sites excluding steroid dienone is 1. The highest BCUT2D eigenvalue weighted by Crippen LogP contribution is 2.33. The zero-order valence-electron chi connectivity index (χ0n) is 29.4. The molecule has 0 unspecified atom stereocenters. The van der Waals surface area contributed by atoms with E-state index in [1.165, 1.54) is 30.6 Å². The molecule has 7 nitrogen and oxygen atoms in total. The number of fused-ring (bicyclic) bond motifs is 4. The van der Waals surface area contributed by atoms with Gasteiger partial charge < -0.3 is 14.4 Å². The smallest absolute Gasteiger partial charge is 0.277 e. The lowest BCUT2D eigenvalue weighted by atomic mass is 10.1. The van der Waals surface area contributed by atoms with E-state index in [4.69, 9.17) is 4.98 Å². The van der Waals surface area contributed by atoms with Crippen molar-refractivity contribution in [3.63, 3.8) is 0 Å². The Hall–Kier alpha value is -3.75. The van der Waals surface area contributed by atoms with Crippen LogP contribution in [0.3, 0.4) is 0 Å². The predicted molar refractivity (Wildman–Crippen MR) is 202 cm³/mol. The number of imidazole rings is 1. The summed E-state index contributed by atoms with van der Waals surface area (Å²) in [6.45, 7) is 20.4. The number of carbonyl (C=O) groups is 1. The Morgan fingerprint density at radius 2 is 1.56 bits per heavy atom. The average Bonchev–Trinajstić information content (AvgIpc) is 3.64. The molecule has 0 spiro atoms. The minimum Gasteiger partial charge on any atom is -0.339 e. The van der Waals surface area contributed by atoms with Gasteiger partial charge in [0.1, 0.15) is 4.70 Å². The molecule has 1 aliphatic heterocycles. The lowest BCUT2D eigenvalue weighted by Crippen LogP contribution is -2.34. The largest absolute Gasteiger partial charge is 0.339 e. The maximum Gasteiger partial charge on any atom is 0.277 e. The van der Waals surface area contributed by atoms with Crippen LogP contribution in [0.1, 0.15) is 89.1 Å². The molecule has 0 bridgehead atoms. The summed E-state index contributed by atoms with van der Waals surface area (Å²) in [5, 5.41) is 0. The molecule has 1 aliphatic rings. The van der Waals surface area contributed by atoms with Crippen molar-refractivity contribution >= 4 is 49.8 Å². The van der Waals surface area contributed by atoms with Crippen molar-refractivity contribution in [3.05, 3.63) is 76.6 Å². The molecule has 1 saturated heterocycles. The van der Waals surface area contributed by atoms with Gasteiger partial charge in [-0.05, 0) is 106 Å². The first-order chi connectivity index (χ1) is 23.1. The van der Waals surface area contributed by atoms with Crippen molar-refractivity contribution in [3.8, 4) is 10.4 Å². The topological polar surface area (TPSA) is 62.9 Å². The van der Waals surface area contributed by atoms with Crippen LogP contribution in [0.15, 0.2) is 59.9 Å². The fourth-order valence-electron chi connectivity index (χ4n) is 6.78. The molecule has 48 heavy (non-hydrogen) atoms. The minimum atomic E-state index is -0.0563. The molecule has 8 heteroatoms. The fraction of sp³-hybridized carbons (Fsp3) is 0.475. The van der Waals surface area contributed by atoms with E-state index in [9.17, 15) is 9.59 Å². The van der Waals surface area contributed by atoms with E-state index in [-0.39, 0.29) is 11.5 Å². The maximum atomic E-state index is 14.3. The molecule has 0 saturated carbocycles. The average molecular weight is 666 g/mol. The highest BCUT2D eigenvalue weighted by Gasteiger charge is 2.22. The van der Waals surface area contributed by atoms with Crippen molar-refractivity contribution < 1.29 is 4.79 Å². The zero-order chi connectivity index (χ0) is 33.9. The number of piperidine rings is 1. The van der Waals surface area contributed by atoms with Gasteiger partial charge in [-0.2, -0.15) is 0 Å². The summed E-state index contributed by atoms with van der Waals surface area (Å²) in [4.78, 5) is 39.1. The molecule has 0 atom stereocenters. The van der Waals surface area contributed by atoms with Gasteiger partial charge in [0.2, 0.25) is 5.78 Å². The monoisotopic (exact) mass is 665 g/mol. The van der Waals surface area contributed by atoms with Gasteiger partial charge in [0.15, 0.2) is 0 Å². The maximum absolute atomic E-state index is 14.3. The Bertz CT molecular complexity index is 1960. The van der Waals surface area contributed by atoms with Crippen molar-refractivity contribution in [1.82, 2.24) is 23.8 Å². The molecular weight excluding hydrogens is 615 g/mol. The molecule has 0 N–H and O–H groups in total. The van der Waals surface area contributed by atoms with Gasteiger partial charge in [0, 0.05) is 30.1 Å². The van der Waals surface area contributed by atoms with Crippen LogP contribution in [-0.2, 0) is 6.54 Å². The summed E-state index contributed by atoms with van der Waals surface area (Å²) in [5.41, 5.74) is 6.22. The number of carbonyl (C=O) groups excluding carboxylic acids is 1. The Morgan fingerprint density at radius 1 is 0.896 bits per heavy atom. The minimum absolute atomic E-state index is 0.0563. The van der Waals surface area contributed by atoms with E-state index < -0.39 is 0 Å². The Balaban J connectivity index is 1.42. The van der Waals surface area contributed by atoms with Crippen LogP contribution in [0.2, 0.25) is 0 Å². The van der Waals surface area contributed by atoms with Gasteiger partial charge in [-0.3, -0.25) is 9.59 Å². The summed E-state index contributed by atoms with van der Waals surface area (Å²) >= 11 is 1.49. The van der Waals surface area contributed by atoms with Crippen LogP contribution in [0.4, 0.5) is 0 Å². The fourth-order valence-corrected chi connectivity index (χ4v) is 7.81. The van der Waals surface area contributed by atoms with Gasteiger partial charge in [-0.1, -0.05) is 70.5 Å². The number of nitrogens with zero attached hydrogens (tertiary/aromatic N) is 5. The number of benzene rings is 2. The third-order valence-corrected chi connectivity index (χ3v) is 10.9. The Labute approximate surface area is 288 Å². The number of amides is 1. The molecule has 3 aromatic heterocycles. The van der Waals surface area contributed by atoms with Gasteiger partial charge in [-0.25, -0.2) is 9.38 Å². The molecule has 4 heterocycles. The van der Waals surface area contributed by atoms with Crippen molar-refractivity contribution in [1.29, 1.82) is 0 Å². The van der Waals surface area contributed by atoms with E-state index in [1.54, 1.807) is 4.40 Å². The quantitative estimate of drug-likeness (QED) is 0.126. The summed E-state index contributed by atoms with van der Waals surface area (Å²) in [6.07, 6.45) is 6.73. The van der Waals surface area contributed by atoms with E-state index in [2.05, 4.69) is 68.0 Å². The first-order valence-corrected chi connectivity index (χ1v) is 18.7. The third kappa shape index (κ3) is 7.30. The highest BCUT2D eigenvalue weighted by molar-refractivity contribution is 7.22. The SMILES string of the molecule is C=C(C)c1ccc(-c2cc3nc4n(CCCN5CCCCC5)c5cc(C(=O)N(CCC(C)C)CCC(C)C)ccc5n4c(=O)c3s2)cc1. The van der Waals surface area contributed by atoms with Crippen molar-refractivity contribution in [2.24, 2.45) is 11.8 Å². The molecule has 6 rings (SSSR count). The van der Waals surface area contributed by atoms with Crippen LogP contribution in [0.25, 0.3) is 43.0 Å². The summed E-state index contributed by atoms with van der Waals surface area (Å²) < 4.78 is 4.60. The molecule has 0 radical (unpaired) electrons. The van der Waals surface area contributed by atoms with Crippen LogP contribution in [0, 0.1) is 11.8 Å². The summed E-state index contributed by atoms with van der Waals surface area (Å²) in [6, 6.07) is 16.2. The number of rotatable bonds is 13. The second-order valence-electron chi connectivity index (χ2n) is 14.5. The Morgan fingerprint density at radius 3 is 2.21 bits per heavy atom. The number of aromatic nitrogens is 3. The van der Waals surface area contributed by atoms with E-state index in [1.807, 2.05) is 36.1 Å². The summed E-state index contributed by atoms with van der Waals surface area (Å²) in [7, 11) is 0. The standard InChI is InChI=1S/C40H51N5O2S/c1-27(2)17-23-43(24-18-28(3)4)38(46)32-15-16-34-35(25-32)44(22-10-21-42-19-8-7-9-20-42)40-41-33-26-36(48-37(33)39(47)45(34)40)31-13-11-30(12-14-31)29(5)6/h11-16,25-28H,5,7-10,17-24H2,1-4,6H3. The normalized spacial score (nSPS) is 14.2. The number of aryl methyl sites for hydroxylation is 1. The van der Waals surface area contributed by atoms with Gasteiger partial charge in [0.05, 0.1) is 16.6 Å². The van der Waals surface area contributed by atoms with Gasteiger partial charge >= 0.3 is 0 Å². The molecule has 2 aromatic carbocycles. The molecule has 254 valence electrons. The molecular formula is C40H51N5O2S. The number of likely N-dealkylation sites (tertiary alicyclic amines) is 1. The number of thiophene rings is 1. The van der Waals surface area contributed by atoms with Crippen molar-refractivity contribution in [2.45, 2.75) is 79.7 Å². The predicted octanol–water partition coefficient (Wildman–Crippen LogP) is 8.97. The molecule has 1 fully saturated rings. The second-order valence-corrected chi connectivity index (χ2v) is 15.6. The Kier molecular flexibility index (Phi) is 10.5. The van der Waals surface area contributed by atoms with Crippen molar-refractivity contribution in [2.75, 3.05) is 32.7 Å². The molecule has 1 amide bonds. The van der Waals surface area contributed by atoms with Gasteiger partial charge in [-0.15, -0.1) is 11.3 Å². The lowest BCUT2D eigenvalue weighted by molar-refractivity contribution is 0.0741. The molecule has 0 aliphatic carbocycles. The first-order valence-electron chi connectivity index (χ1n) is 17.9. The first kappa shape index (κ1) is 34.1. The second kappa shape index (κ2) is 14.8. The van der Waals surface area contributed by atoms with Gasteiger partial charge in [0.25, 0.3) is 11.5 Å². The summed E-state index contributed by atoms with van der Waals surface area (Å²) in [5.74, 6) is 1.75. The zero-order valence-corrected chi connectivity index (χ0v) is 30.2. The highest BCUT2D eigenvalue weighted by atomic mass is 32.1. The van der Waals surface area contributed by atoms with E-state index in [0.717, 1.165) is 91.1 Å². The van der Waals surface area contributed by atoms with Crippen LogP contribution in [0.5, 0.6) is 0 Å². The third-order valence-electron chi connectivity index (χ3n) is 9.73. The lowest BCUT2D eigenvalue weighted by Gasteiger charge is -2.26.